The molecule has 3 aromatic carbocycles. The van der Waals surface area contributed by atoms with Crippen LogP contribution >= 0.6 is 22.6 Å². The summed E-state index contributed by atoms with van der Waals surface area (Å²) in [6.07, 6.45) is 1.57. The van der Waals surface area contributed by atoms with E-state index in [0.29, 0.717) is 23.7 Å². The van der Waals surface area contributed by atoms with Crippen LogP contribution in [0.1, 0.15) is 27.0 Å². The van der Waals surface area contributed by atoms with Gasteiger partial charge in [-0.25, -0.2) is 5.43 Å². The first-order valence-electron chi connectivity index (χ1n) is 9.01. The molecule has 5 nitrogen and oxygen atoms in total. The molecule has 0 saturated carbocycles. The van der Waals surface area contributed by atoms with Gasteiger partial charge in [0.25, 0.3) is 5.91 Å². The number of aryl methyl sites for hydroxylation is 1. The van der Waals surface area contributed by atoms with Gasteiger partial charge in [-0.15, -0.1) is 0 Å². The molecule has 148 valence electrons. The van der Waals surface area contributed by atoms with E-state index in [1.807, 2.05) is 67.6 Å². The van der Waals surface area contributed by atoms with Crippen molar-refractivity contribution in [2.24, 2.45) is 5.10 Å². The van der Waals surface area contributed by atoms with Gasteiger partial charge in [0.05, 0.1) is 13.3 Å². The molecule has 0 aliphatic carbocycles. The lowest BCUT2D eigenvalue weighted by atomic mass is 10.1. The number of halogens is 1. The molecule has 29 heavy (non-hydrogen) atoms. The summed E-state index contributed by atoms with van der Waals surface area (Å²) in [5, 5.41) is 4.04. The second-order valence-corrected chi connectivity index (χ2v) is 7.59. The Hall–Kier alpha value is -2.87. The molecule has 0 aromatic heterocycles. The van der Waals surface area contributed by atoms with E-state index in [1.165, 1.54) is 3.57 Å². The third kappa shape index (κ3) is 5.80. The average molecular weight is 500 g/mol. The minimum absolute atomic E-state index is 0.246. The normalized spacial score (nSPS) is 10.7. The van der Waals surface area contributed by atoms with E-state index in [0.717, 1.165) is 16.7 Å². The number of carbonyl (C=O) groups is 1. The van der Waals surface area contributed by atoms with Crippen LogP contribution in [0, 0.1) is 10.5 Å². The number of amides is 1. The number of ether oxygens (including phenoxy) is 2. The van der Waals surface area contributed by atoms with Crippen LogP contribution in [-0.2, 0) is 6.61 Å². The number of nitrogens with one attached hydrogen (secondary N) is 1. The number of hydrazone groups is 1. The van der Waals surface area contributed by atoms with E-state index in [-0.39, 0.29) is 5.91 Å². The summed E-state index contributed by atoms with van der Waals surface area (Å²) >= 11 is 2.27. The minimum Gasteiger partial charge on any atom is -0.493 e. The van der Waals surface area contributed by atoms with Crippen molar-refractivity contribution in [3.05, 3.63) is 92.6 Å². The van der Waals surface area contributed by atoms with Crippen LogP contribution < -0.4 is 14.9 Å². The first-order valence-corrected chi connectivity index (χ1v) is 10.1. The predicted molar refractivity (Wildman–Crippen MR) is 123 cm³/mol. The van der Waals surface area contributed by atoms with Gasteiger partial charge in [0, 0.05) is 9.13 Å². The number of rotatable bonds is 7. The molecular weight excluding hydrogens is 479 g/mol. The maximum atomic E-state index is 12.2. The third-order valence-corrected chi connectivity index (χ3v) is 4.98. The largest absolute Gasteiger partial charge is 0.493 e. The number of benzene rings is 3. The summed E-state index contributed by atoms with van der Waals surface area (Å²) in [6.45, 7) is 2.34. The lowest BCUT2D eigenvalue weighted by Gasteiger charge is -2.11. The lowest BCUT2D eigenvalue weighted by molar-refractivity contribution is 0.0954. The molecule has 0 bridgehead atoms. The van der Waals surface area contributed by atoms with Gasteiger partial charge < -0.3 is 9.47 Å². The Labute approximate surface area is 183 Å². The third-order valence-electron chi connectivity index (χ3n) is 4.26. The molecule has 0 saturated heterocycles. The SMILES string of the molecule is COc1cc(/C=N/NC(=O)c2ccccc2C)ccc1OCc1ccc(I)cc1. The van der Waals surface area contributed by atoms with Gasteiger partial charge in [0.2, 0.25) is 0 Å². The summed E-state index contributed by atoms with van der Waals surface area (Å²) in [6, 6.07) is 21.0. The first-order chi connectivity index (χ1) is 14.1. The zero-order chi connectivity index (χ0) is 20.6. The fourth-order valence-electron chi connectivity index (χ4n) is 2.68. The van der Waals surface area contributed by atoms with E-state index < -0.39 is 0 Å². The number of carbonyl (C=O) groups excluding carboxylic acids is 1. The second kappa shape index (κ2) is 10.1. The van der Waals surface area contributed by atoms with Crippen molar-refractivity contribution in [2.75, 3.05) is 7.11 Å². The Morgan fingerprint density at radius 2 is 1.83 bits per heavy atom. The monoisotopic (exact) mass is 500 g/mol. The summed E-state index contributed by atoms with van der Waals surface area (Å²) in [7, 11) is 1.59. The van der Waals surface area contributed by atoms with Crippen molar-refractivity contribution >= 4 is 34.7 Å². The fraction of sp³-hybridized carbons (Fsp3) is 0.130. The Morgan fingerprint density at radius 1 is 1.07 bits per heavy atom. The highest BCUT2D eigenvalue weighted by Gasteiger charge is 2.08. The second-order valence-electron chi connectivity index (χ2n) is 6.34. The molecule has 0 atom stereocenters. The molecule has 0 radical (unpaired) electrons. The molecule has 0 aliphatic rings. The van der Waals surface area contributed by atoms with Crippen LogP contribution in [0.3, 0.4) is 0 Å². The summed E-state index contributed by atoms with van der Waals surface area (Å²) in [4.78, 5) is 12.2. The summed E-state index contributed by atoms with van der Waals surface area (Å²) in [5.74, 6) is 1.00. The van der Waals surface area contributed by atoms with E-state index >= 15 is 0 Å². The van der Waals surface area contributed by atoms with Crippen LogP contribution in [0.15, 0.2) is 71.8 Å². The number of hydrogen-bond donors (Lipinski definition) is 1. The standard InChI is InChI=1S/C23H21IN2O3/c1-16-5-3-4-6-20(16)23(27)26-25-14-18-9-12-21(22(13-18)28-2)29-15-17-7-10-19(24)11-8-17/h3-14H,15H2,1-2H3,(H,26,27)/b25-14+. The van der Waals surface area contributed by atoms with Crippen molar-refractivity contribution in [3.8, 4) is 11.5 Å². The molecule has 1 N–H and O–H groups in total. The van der Waals surface area contributed by atoms with Gasteiger partial charge in [-0.3, -0.25) is 4.79 Å². The molecule has 3 aromatic rings. The zero-order valence-corrected chi connectivity index (χ0v) is 18.3. The maximum absolute atomic E-state index is 12.2. The Bertz CT molecular complexity index is 1020. The highest BCUT2D eigenvalue weighted by atomic mass is 127. The van der Waals surface area contributed by atoms with Crippen LogP contribution in [0.5, 0.6) is 11.5 Å². The molecular formula is C23H21IN2O3. The topological polar surface area (TPSA) is 59.9 Å². The van der Waals surface area contributed by atoms with Gasteiger partial charge in [-0.05, 0) is 82.6 Å². The smallest absolute Gasteiger partial charge is 0.271 e. The highest BCUT2D eigenvalue weighted by Crippen LogP contribution is 2.28. The predicted octanol–water partition coefficient (Wildman–Crippen LogP) is 4.95. The molecule has 0 heterocycles. The van der Waals surface area contributed by atoms with E-state index in [9.17, 15) is 4.79 Å². The van der Waals surface area contributed by atoms with Crippen molar-refractivity contribution in [1.29, 1.82) is 0 Å². The van der Waals surface area contributed by atoms with Gasteiger partial charge in [0.15, 0.2) is 11.5 Å². The van der Waals surface area contributed by atoms with E-state index in [2.05, 4.69) is 33.1 Å². The highest BCUT2D eigenvalue weighted by molar-refractivity contribution is 14.1. The van der Waals surface area contributed by atoms with Crippen LogP contribution in [0.25, 0.3) is 0 Å². The maximum Gasteiger partial charge on any atom is 0.271 e. The molecule has 0 aliphatic heterocycles. The van der Waals surface area contributed by atoms with Crippen LogP contribution in [0.4, 0.5) is 0 Å². The van der Waals surface area contributed by atoms with Gasteiger partial charge >= 0.3 is 0 Å². The molecule has 0 fully saturated rings. The van der Waals surface area contributed by atoms with E-state index in [1.54, 1.807) is 19.4 Å². The summed E-state index contributed by atoms with van der Waals surface area (Å²) in [5.41, 5.74) is 5.91. The number of methoxy groups -OCH3 is 1. The molecule has 3 rings (SSSR count). The average Bonchev–Trinajstić information content (AvgIpc) is 2.74. The van der Waals surface area contributed by atoms with Gasteiger partial charge in [-0.1, -0.05) is 30.3 Å². The quantitative estimate of drug-likeness (QED) is 0.284. The summed E-state index contributed by atoms with van der Waals surface area (Å²) < 4.78 is 12.5. The van der Waals surface area contributed by atoms with Crippen molar-refractivity contribution in [3.63, 3.8) is 0 Å². The molecule has 0 spiro atoms. The van der Waals surface area contributed by atoms with Crippen LogP contribution in [0.2, 0.25) is 0 Å². The Morgan fingerprint density at radius 3 is 2.55 bits per heavy atom. The van der Waals surface area contributed by atoms with Crippen molar-refractivity contribution < 1.29 is 14.3 Å². The number of nitrogens with zero attached hydrogens (tertiary/aromatic N) is 1. The lowest BCUT2D eigenvalue weighted by Crippen LogP contribution is -2.18. The Balaban J connectivity index is 1.63. The number of hydrogen-bond acceptors (Lipinski definition) is 4. The molecule has 1 amide bonds. The van der Waals surface area contributed by atoms with Crippen molar-refractivity contribution in [1.82, 2.24) is 5.43 Å². The van der Waals surface area contributed by atoms with Crippen molar-refractivity contribution in [2.45, 2.75) is 13.5 Å². The van der Waals surface area contributed by atoms with Crippen LogP contribution in [-0.4, -0.2) is 19.2 Å². The fourth-order valence-corrected chi connectivity index (χ4v) is 3.04. The van der Waals surface area contributed by atoms with Gasteiger partial charge in [-0.2, -0.15) is 5.10 Å². The minimum atomic E-state index is -0.246. The first kappa shape index (κ1) is 20.9. The Kier molecular flexibility index (Phi) is 7.24. The zero-order valence-electron chi connectivity index (χ0n) is 16.2. The van der Waals surface area contributed by atoms with Gasteiger partial charge in [0.1, 0.15) is 6.61 Å². The van der Waals surface area contributed by atoms with E-state index in [4.69, 9.17) is 9.47 Å². The molecule has 0 unspecified atom stereocenters. The molecule has 6 heteroatoms.